The lowest BCUT2D eigenvalue weighted by Crippen LogP contribution is -2.32. The van der Waals surface area contributed by atoms with Crippen molar-refractivity contribution in [3.8, 4) is 17.1 Å². The first-order chi connectivity index (χ1) is 16.2. The topological polar surface area (TPSA) is 109 Å². The molecule has 2 atom stereocenters. The monoisotopic (exact) mass is 477 g/mol. The average Bonchev–Trinajstić information content (AvgIpc) is 3.44. The van der Waals surface area contributed by atoms with Gasteiger partial charge >= 0.3 is 12.3 Å². The molecule has 1 aromatic heterocycles. The average molecular weight is 477 g/mol. The molecule has 2 N–H and O–H groups in total. The summed E-state index contributed by atoms with van der Waals surface area (Å²) < 4.78 is 51.7. The highest BCUT2D eigenvalue weighted by Crippen LogP contribution is 2.36. The van der Waals surface area contributed by atoms with Gasteiger partial charge in [0.05, 0.1) is 18.8 Å². The van der Waals surface area contributed by atoms with Crippen LogP contribution in [0, 0.1) is 0 Å². The molecular weight excluding hydrogens is 455 g/mol. The lowest BCUT2D eigenvalue weighted by Gasteiger charge is -2.19. The van der Waals surface area contributed by atoms with Crippen LogP contribution in [0.1, 0.15) is 35.0 Å². The summed E-state index contributed by atoms with van der Waals surface area (Å²) in [5, 5.41) is 23.1. The van der Waals surface area contributed by atoms with Gasteiger partial charge in [0.2, 0.25) is 5.82 Å². The number of alkyl halides is 3. The Labute approximate surface area is 192 Å². The van der Waals surface area contributed by atoms with Crippen LogP contribution in [0.4, 0.5) is 18.0 Å². The number of aryl methyl sites for hydroxylation is 2. The lowest BCUT2D eigenvalue weighted by atomic mass is 9.97. The Bertz CT molecular complexity index is 1160. The Kier molecular flexibility index (Phi) is 6.47. The Morgan fingerprint density at radius 1 is 1.21 bits per heavy atom. The number of methoxy groups -OCH3 is 1. The highest BCUT2D eigenvalue weighted by atomic mass is 19.4. The van der Waals surface area contributed by atoms with Gasteiger partial charge in [-0.2, -0.15) is 18.2 Å². The molecule has 0 spiro atoms. The zero-order valence-corrected chi connectivity index (χ0v) is 18.1. The number of carbonyl (C=O) groups is 1. The number of carboxylic acid groups (broad SMARTS) is 1. The summed E-state index contributed by atoms with van der Waals surface area (Å²) in [6, 6.07) is 9.85. The SMILES string of the molecule is COc1ccc(CCc2ccc(-c3noc([C@@H]4[C@@H](O)CCN4C(=O)O)n3)cc2C(F)(F)F)cc1. The number of nitrogens with zero attached hydrogens (tertiary/aromatic N) is 3. The molecule has 0 saturated carbocycles. The molecule has 4 rings (SSSR count). The quantitative estimate of drug-likeness (QED) is 0.544. The van der Waals surface area contributed by atoms with Crippen LogP contribution in [0.2, 0.25) is 0 Å². The number of aliphatic hydroxyl groups excluding tert-OH is 1. The summed E-state index contributed by atoms with van der Waals surface area (Å²) in [5.41, 5.74) is 0.265. The van der Waals surface area contributed by atoms with E-state index in [1.807, 2.05) is 0 Å². The van der Waals surface area contributed by atoms with Gasteiger partial charge in [-0.15, -0.1) is 0 Å². The first-order valence-electron chi connectivity index (χ1n) is 10.5. The van der Waals surface area contributed by atoms with Crippen LogP contribution in [0.3, 0.4) is 0 Å². The summed E-state index contributed by atoms with van der Waals surface area (Å²) in [6.07, 6.45) is -6.14. The van der Waals surface area contributed by atoms with Gasteiger partial charge in [-0.05, 0) is 48.6 Å². The zero-order chi connectivity index (χ0) is 24.5. The Balaban J connectivity index is 1.58. The van der Waals surface area contributed by atoms with E-state index in [1.54, 1.807) is 24.3 Å². The highest BCUT2D eigenvalue weighted by Gasteiger charge is 2.41. The van der Waals surface area contributed by atoms with Gasteiger partial charge in [0.15, 0.2) is 0 Å². The number of amides is 1. The maximum absolute atomic E-state index is 13.8. The van der Waals surface area contributed by atoms with Crippen molar-refractivity contribution >= 4 is 6.09 Å². The normalized spacial score (nSPS) is 18.3. The predicted molar refractivity (Wildman–Crippen MR) is 113 cm³/mol. The fourth-order valence-corrected chi connectivity index (χ4v) is 4.03. The fraction of sp³-hybridized carbons (Fsp3) is 0.348. The molecule has 180 valence electrons. The maximum atomic E-state index is 13.8. The fourth-order valence-electron chi connectivity index (χ4n) is 4.03. The molecule has 2 aromatic carbocycles. The van der Waals surface area contributed by atoms with Gasteiger partial charge in [0.25, 0.3) is 5.89 Å². The van der Waals surface area contributed by atoms with Gasteiger partial charge in [-0.3, -0.25) is 4.90 Å². The number of halogens is 3. The van der Waals surface area contributed by atoms with E-state index in [0.717, 1.165) is 16.5 Å². The number of hydrogen-bond donors (Lipinski definition) is 2. The van der Waals surface area contributed by atoms with E-state index in [4.69, 9.17) is 9.26 Å². The molecule has 1 aliphatic rings. The first kappa shape index (κ1) is 23.6. The van der Waals surface area contributed by atoms with Gasteiger partial charge in [0.1, 0.15) is 11.8 Å². The molecule has 1 aliphatic heterocycles. The molecule has 34 heavy (non-hydrogen) atoms. The van der Waals surface area contributed by atoms with Crippen LogP contribution in [0.25, 0.3) is 11.4 Å². The van der Waals surface area contributed by atoms with E-state index in [0.29, 0.717) is 12.2 Å². The first-order valence-corrected chi connectivity index (χ1v) is 10.5. The largest absolute Gasteiger partial charge is 0.497 e. The van der Waals surface area contributed by atoms with E-state index in [9.17, 15) is 28.2 Å². The summed E-state index contributed by atoms with van der Waals surface area (Å²) in [7, 11) is 1.54. The number of hydrogen-bond acceptors (Lipinski definition) is 6. The van der Waals surface area contributed by atoms with Crippen molar-refractivity contribution in [1.82, 2.24) is 15.0 Å². The van der Waals surface area contributed by atoms with Crippen molar-refractivity contribution in [1.29, 1.82) is 0 Å². The van der Waals surface area contributed by atoms with Crippen LogP contribution in [-0.2, 0) is 19.0 Å². The van der Waals surface area contributed by atoms with Gasteiger partial charge in [0, 0.05) is 12.1 Å². The molecule has 0 bridgehead atoms. The van der Waals surface area contributed by atoms with Crippen molar-refractivity contribution < 1.29 is 37.4 Å². The molecule has 1 amide bonds. The third-order valence-corrected chi connectivity index (χ3v) is 5.82. The summed E-state index contributed by atoms with van der Waals surface area (Å²) in [5.74, 6) is 0.381. The molecule has 0 unspecified atom stereocenters. The number of aromatic nitrogens is 2. The third-order valence-electron chi connectivity index (χ3n) is 5.82. The molecule has 11 heteroatoms. The van der Waals surface area contributed by atoms with E-state index in [-0.39, 0.29) is 42.2 Å². The standard InChI is InChI=1S/C23H22F3N3O5/c1-33-16-8-3-13(4-9-16)2-5-14-6-7-15(12-17(14)23(24,25)26)20-27-21(34-28-20)19-18(30)10-11-29(19)22(31)32/h3-4,6-9,12,18-19,30H,2,5,10-11H2,1H3,(H,31,32)/t18-,19-/m0/s1. The van der Waals surface area contributed by atoms with Crippen LogP contribution in [0.5, 0.6) is 5.75 Å². The zero-order valence-electron chi connectivity index (χ0n) is 18.1. The van der Waals surface area contributed by atoms with Gasteiger partial charge in [-0.1, -0.05) is 29.4 Å². The van der Waals surface area contributed by atoms with Crippen molar-refractivity contribution in [3.05, 3.63) is 65.0 Å². The number of aliphatic hydroxyl groups is 1. The second kappa shape index (κ2) is 9.34. The molecule has 1 fully saturated rings. The van der Waals surface area contributed by atoms with Crippen LogP contribution >= 0.6 is 0 Å². The molecule has 0 radical (unpaired) electrons. The Hall–Kier alpha value is -3.60. The van der Waals surface area contributed by atoms with Gasteiger partial charge in [-0.25, -0.2) is 4.79 Å². The minimum Gasteiger partial charge on any atom is -0.497 e. The van der Waals surface area contributed by atoms with E-state index in [1.165, 1.54) is 19.2 Å². The summed E-state index contributed by atoms with van der Waals surface area (Å²) in [4.78, 5) is 16.4. The number of rotatable bonds is 6. The summed E-state index contributed by atoms with van der Waals surface area (Å²) >= 11 is 0. The van der Waals surface area contributed by atoms with E-state index in [2.05, 4.69) is 10.1 Å². The molecule has 2 heterocycles. The molecule has 3 aromatic rings. The molecular formula is C23H22F3N3O5. The number of ether oxygens (including phenoxy) is 1. The molecule has 8 nitrogen and oxygen atoms in total. The third kappa shape index (κ3) is 4.84. The minimum absolute atomic E-state index is 0.0740. The van der Waals surface area contributed by atoms with E-state index < -0.39 is 30.0 Å². The van der Waals surface area contributed by atoms with Crippen molar-refractivity contribution in [3.63, 3.8) is 0 Å². The van der Waals surface area contributed by atoms with Gasteiger partial charge < -0.3 is 19.5 Å². The Morgan fingerprint density at radius 2 is 1.94 bits per heavy atom. The second-order valence-electron chi connectivity index (χ2n) is 7.95. The smallest absolute Gasteiger partial charge is 0.416 e. The van der Waals surface area contributed by atoms with Crippen LogP contribution < -0.4 is 4.74 Å². The molecule has 0 aliphatic carbocycles. The lowest BCUT2D eigenvalue weighted by molar-refractivity contribution is -0.138. The van der Waals surface area contributed by atoms with E-state index >= 15 is 0 Å². The van der Waals surface area contributed by atoms with Crippen LogP contribution in [0.15, 0.2) is 47.0 Å². The highest BCUT2D eigenvalue weighted by molar-refractivity contribution is 5.66. The second-order valence-corrected chi connectivity index (χ2v) is 7.95. The number of benzene rings is 2. The van der Waals surface area contributed by atoms with Crippen molar-refractivity contribution in [2.75, 3.05) is 13.7 Å². The Morgan fingerprint density at radius 3 is 2.59 bits per heavy atom. The summed E-state index contributed by atoms with van der Waals surface area (Å²) in [6.45, 7) is 0.0833. The number of likely N-dealkylation sites (tertiary alicyclic amines) is 1. The maximum Gasteiger partial charge on any atom is 0.416 e. The van der Waals surface area contributed by atoms with Crippen molar-refractivity contribution in [2.45, 2.75) is 37.6 Å². The molecule has 1 saturated heterocycles. The predicted octanol–water partition coefficient (Wildman–Crippen LogP) is 4.33. The van der Waals surface area contributed by atoms with Crippen molar-refractivity contribution in [2.24, 2.45) is 0 Å². The van der Waals surface area contributed by atoms with Crippen LogP contribution in [-0.4, -0.2) is 51.1 Å². The minimum atomic E-state index is -4.60.